The fourth-order valence-electron chi connectivity index (χ4n) is 1.24. The number of rotatable bonds is 3. The predicted molar refractivity (Wildman–Crippen MR) is 51.7 cm³/mol. The van der Waals surface area contributed by atoms with Gasteiger partial charge in [0.2, 0.25) is 0 Å². The highest BCUT2D eigenvalue weighted by molar-refractivity contribution is 5.36. The van der Waals surface area contributed by atoms with Crippen molar-refractivity contribution in [2.45, 2.75) is 13.0 Å². The molecule has 0 unspecified atom stereocenters. The molecule has 1 rings (SSSR count). The second kappa shape index (κ2) is 4.25. The quantitative estimate of drug-likeness (QED) is 0.731. The van der Waals surface area contributed by atoms with Crippen LogP contribution in [-0.2, 0) is 0 Å². The van der Waals surface area contributed by atoms with E-state index in [1.807, 2.05) is 25.1 Å². The molecule has 1 aromatic rings. The summed E-state index contributed by atoms with van der Waals surface area (Å²) >= 11 is 0. The summed E-state index contributed by atoms with van der Waals surface area (Å²) in [5, 5.41) is 8.91. The van der Waals surface area contributed by atoms with Gasteiger partial charge in [-0.3, -0.25) is 0 Å². The predicted octanol–water partition coefficient (Wildman–Crippen LogP) is 0.996. The van der Waals surface area contributed by atoms with Crippen molar-refractivity contribution in [1.29, 1.82) is 0 Å². The first-order valence-corrected chi connectivity index (χ1v) is 4.20. The van der Waals surface area contributed by atoms with Crippen molar-refractivity contribution in [2.24, 2.45) is 5.73 Å². The van der Waals surface area contributed by atoms with E-state index in [9.17, 15) is 0 Å². The number of aliphatic hydroxyl groups is 1. The van der Waals surface area contributed by atoms with E-state index in [0.717, 1.165) is 16.9 Å². The molecule has 72 valence electrons. The number of hydrogen-bond donors (Lipinski definition) is 2. The molecule has 0 heterocycles. The summed E-state index contributed by atoms with van der Waals surface area (Å²) in [5.74, 6) is 0.768. The van der Waals surface area contributed by atoms with Crippen LogP contribution in [0.1, 0.15) is 17.2 Å². The van der Waals surface area contributed by atoms with Gasteiger partial charge in [0.1, 0.15) is 5.75 Å². The molecular weight excluding hydrogens is 166 g/mol. The first-order valence-electron chi connectivity index (χ1n) is 4.20. The lowest BCUT2D eigenvalue weighted by atomic mass is 10.0. The minimum absolute atomic E-state index is 0.0476. The maximum atomic E-state index is 8.91. The average molecular weight is 181 g/mol. The number of aryl methyl sites for hydroxylation is 1. The minimum atomic E-state index is -0.324. The van der Waals surface area contributed by atoms with Gasteiger partial charge in [-0.15, -0.1) is 0 Å². The Morgan fingerprint density at radius 1 is 1.54 bits per heavy atom. The van der Waals surface area contributed by atoms with Crippen LogP contribution in [0.15, 0.2) is 18.2 Å². The van der Waals surface area contributed by atoms with Gasteiger partial charge in [-0.05, 0) is 30.2 Å². The van der Waals surface area contributed by atoms with Crippen LogP contribution in [0.3, 0.4) is 0 Å². The molecule has 0 saturated carbocycles. The van der Waals surface area contributed by atoms with Crippen LogP contribution in [-0.4, -0.2) is 18.8 Å². The van der Waals surface area contributed by atoms with E-state index in [2.05, 4.69) is 0 Å². The third kappa shape index (κ3) is 2.20. The fourth-order valence-corrected chi connectivity index (χ4v) is 1.24. The molecule has 0 fully saturated rings. The van der Waals surface area contributed by atoms with Gasteiger partial charge >= 0.3 is 0 Å². The third-order valence-corrected chi connectivity index (χ3v) is 2.08. The Bertz CT molecular complexity index is 286. The molecule has 0 saturated heterocycles. The topological polar surface area (TPSA) is 55.5 Å². The number of ether oxygens (including phenoxy) is 1. The maximum absolute atomic E-state index is 8.91. The van der Waals surface area contributed by atoms with Crippen molar-refractivity contribution in [3.8, 4) is 5.75 Å². The molecule has 0 aromatic heterocycles. The van der Waals surface area contributed by atoms with E-state index in [4.69, 9.17) is 15.6 Å². The molecule has 0 aliphatic rings. The zero-order chi connectivity index (χ0) is 9.84. The van der Waals surface area contributed by atoms with Gasteiger partial charge in [-0.2, -0.15) is 0 Å². The fraction of sp³-hybridized carbons (Fsp3) is 0.400. The van der Waals surface area contributed by atoms with Gasteiger partial charge < -0.3 is 15.6 Å². The van der Waals surface area contributed by atoms with Crippen molar-refractivity contribution >= 4 is 0 Å². The van der Waals surface area contributed by atoms with Crippen LogP contribution in [0, 0.1) is 6.92 Å². The molecule has 0 radical (unpaired) electrons. The largest absolute Gasteiger partial charge is 0.497 e. The lowest BCUT2D eigenvalue weighted by molar-refractivity contribution is 0.267. The van der Waals surface area contributed by atoms with E-state index in [1.54, 1.807) is 7.11 Å². The molecule has 0 bridgehead atoms. The van der Waals surface area contributed by atoms with Gasteiger partial charge in [0, 0.05) is 0 Å². The molecule has 3 heteroatoms. The zero-order valence-corrected chi connectivity index (χ0v) is 7.95. The number of methoxy groups -OCH3 is 1. The second-order valence-electron chi connectivity index (χ2n) is 3.01. The normalized spacial score (nSPS) is 12.6. The van der Waals surface area contributed by atoms with E-state index < -0.39 is 0 Å². The summed E-state index contributed by atoms with van der Waals surface area (Å²) in [6.45, 7) is 1.91. The summed E-state index contributed by atoms with van der Waals surface area (Å²) < 4.78 is 5.07. The Hall–Kier alpha value is -1.06. The Balaban J connectivity index is 3.03. The molecule has 3 N–H and O–H groups in total. The highest BCUT2D eigenvalue weighted by Crippen LogP contribution is 2.21. The van der Waals surface area contributed by atoms with Gasteiger partial charge in [0.05, 0.1) is 19.8 Å². The van der Waals surface area contributed by atoms with Crippen molar-refractivity contribution < 1.29 is 9.84 Å². The summed E-state index contributed by atoms with van der Waals surface area (Å²) in [5.41, 5.74) is 7.72. The van der Waals surface area contributed by atoms with E-state index in [1.165, 1.54) is 0 Å². The van der Waals surface area contributed by atoms with Crippen molar-refractivity contribution in [2.75, 3.05) is 13.7 Å². The van der Waals surface area contributed by atoms with Crippen LogP contribution < -0.4 is 10.5 Å². The van der Waals surface area contributed by atoms with E-state index in [-0.39, 0.29) is 12.6 Å². The number of benzene rings is 1. The van der Waals surface area contributed by atoms with Crippen LogP contribution >= 0.6 is 0 Å². The van der Waals surface area contributed by atoms with Gasteiger partial charge in [0.25, 0.3) is 0 Å². The van der Waals surface area contributed by atoms with Gasteiger partial charge in [-0.25, -0.2) is 0 Å². The molecular formula is C10H15NO2. The molecule has 1 atom stereocenters. The second-order valence-corrected chi connectivity index (χ2v) is 3.01. The Labute approximate surface area is 78.1 Å². The van der Waals surface area contributed by atoms with Crippen LogP contribution in [0.4, 0.5) is 0 Å². The molecule has 3 nitrogen and oxygen atoms in total. The summed E-state index contributed by atoms with van der Waals surface area (Å²) in [6.07, 6.45) is 0. The van der Waals surface area contributed by atoms with Gasteiger partial charge in [0.15, 0.2) is 0 Å². The number of nitrogens with two attached hydrogens (primary N) is 1. The van der Waals surface area contributed by atoms with Crippen LogP contribution in [0.25, 0.3) is 0 Å². The average Bonchev–Trinajstić information content (AvgIpc) is 2.17. The molecule has 1 aromatic carbocycles. The summed E-state index contributed by atoms with van der Waals surface area (Å²) in [7, 11) is 1.61. The first-order chi connectivity index (χ1) is 6.19. The Morgan fingerprint density at radius 2 is 2.23 bits per heavy atom. The van der Waals surface area contributed by atoms with Crippen LogP contribution in [0.5, 0.6) is 5.75 Å². The Morgan fingerprint density at radius 3 is 2.77 bits per heavy atom. The van der Waals surface area contributed by atoms with E-state index >= 15 is 0 Å². The molecule has 0 spiro atoms. The zero-order valence-electron chi connectivity index (χ0n) is 7.95. The SMILES string of the molecule is COc1ccc(C)c([C@H](N)CO)c1. The van der Waals surface area contributed by atoms with Gasteiger partial charge in [-0.1, -0.05) is 6.07 Å². The standard InChI is InChI=1S/C10H15NO2/c1-7-3-4-8(13-2)5-9(7)10(11)6-12/h3-5,10,12H,6,11H2,1-2H3/t10-/m1/s1. The lowest BCUT2D eigenvalue weighted by Crippen LogP contribution is -2.15. The van der Waals surface area contributed by atoms with Crippen molar-refractivity contribution in [3.05, 3.63) is 29.3 Å². The molecule has 0 aliphatic heterocycles. The van der Waals surface area contributed by atoms with E-state index in [0.29, 0.717) is 0 Å². The molecule has 0 aliphatic carbocycles. The third-order valence-electron chi connectivity index (χ3n) is 2.08. The highest BCUT2D eigenvalue weighted by atomic mass is 16.5. The Kier molecular flexibility index (Phi) is 3.28. The molecule has 13 heavy (non-hydrogen) atoms. The molecule has 0 amide bonds. The first kappa shape index (κ1) is 10.0. The summed E-state index contributed by atoms with van der Waals surface area (Å²) in [6, 6.07) is 5.35. The smallest absolute Gasteiger partial charge is 0.119 e. The summed E-state index contributed by atoms with van der Waals surface area (Å²) in [4.78, 5) is 0. The maximum Gasteiger partial charge on any atom is 0.119 e. The monoisotopic (exact) mass is 181 g/mol. The highest BCUT2D eigenvalue weighted by Gasteiger charge is 2.08. The number of aliphatic hydroxyl groups excluding tert-OH is 1. The van der Waals surface area contributed by atoms with Crippen LogP contribution in [0.2, 0.25) is 0 Å². The van der Waals surface area contributed by atoms with Crippen molar-refractivity contribution in [3.63, 3.8) is 0 Å². The lowest BCUT2D eigenvalue weighted by Gasteiger charge is -2.13. The minimum Gasteiger partial charge on any atom is -0.497 e. The van der Waals surface area contributed by atoms with Crippen molar-refractivity contribution in [1.82, 2.24) is 0 Å². The number of hydrogen-bond acceptors (Lipinski definition) is 3.